The van der Waals surface area contributed by atoms with Crippen molar-refractivity contribution in [3.05, 3.63) is 30.1 Å². The minimum absolute atomic E-state index is 0.412. The van der Waals surface area contributed by atoms with E-state index in [-0.39, 0.29) is 0 Å². The average molecular weight is 278 g/mol. The van der Waals surface area contributed by atoms with E-state index in [1.54, 1.807) is 6.20 Å². The van der Waals surface area contributed by atoms with E-state index in [2.05, 4.69) is 10.3 Å². The van der Waals surface area contributed by atoms with Crippen molar-refractivity contribution in [2.75, 3.05) is 13.2 Å². The molecule has 0 atom stereocenters. The second kappa shape index (κ2) is 5.79. The minimum Gasteiger partial charge on any atom is -0.444 e. The molecule has 1 aromatic heterocycles. The van der Waals surface area contributed by atoms with Gasteiger partial charge in [0.05, 0.1) is 11.2 Å². The van der Waals surface area contributed by atoms with Gasteiger partial charge >= 0.3 is 6.09 Å². The number of carbonyl (C=O) groups is 1. The third-order valence-corrected chi connectivity index (χ3v) is 3.24. The second-order valence-electron chi connectivity index (χ2n) is 6.04. The molecule has 1 aliphatic heterocycles. The summed E-state index contributed by atoms with van der Waals surface area (Å²) in [5.74, 6) is 0. The number of aromatic nitrogens is 1. The third-order valence-electron chi connectivity index (χ3n) is 3.24. The van der Waals surface area contributed by atoms with E-state index in [4.69, 9.17) is 9.47 Å². The standard InChI is InChI=1S/C15H22N2O3/c1-14(2,3)20-13(18)17-15(7-10-19-11-8-15)12-6-4-5-9-16-12/h4-6,9H,7-8,10-11H2,1-3H3,(H,17,18). The van der Waals surface area contributed by atoms with Crippen LogP contribution >= 0.6 is 0 Å². The van der Waals surface area contributed by atoms with Gasteiger partial charge in [-0.05, 0) is 45.7 Å². The van der Waals surface area contributed by atoms with Gasteiger partial charge in [-0.3, -0.25) is 4.98 Å². The molecule has 2 rings (SSSR count). The Labute approximate surface area is 119 Å². The maximum Gasteiger partial charge on any atom is 0.408 e. The van der Waals surface area contributed by atoms with Gasteiger partial charge in [0.1, 0.15) is 5.60 Å². The number of hydrogen-bond acceptors (Lipinski definition) is 4. The zero-order valence-corrected chi connectivity index (χ0v) is 12.3. The summed E-state index contributed by atoms with van der Waals surface area (Å²) in [4.78, 5) is 16.5. The van der Waals surface area contributed by atoms with Crippen molar-refractivity contribution in [1.29, 1.82) is 0 Å². The van der Waals surface area contributed by atoms with Crippen LogP contribution in [0.2, 0.25) is 0 Å². The van der Waals surface area contributed by atoms with E-state index in [9.17, 15) is 4.79 Å². The number of nitrogens with zero attached hydrogens (tertiary/aromatic N) is 1. The van der Waals surface area contributed by atoms with Gasteiger partial charge in [0.2, 0.25) is 0 Å². The number of ether oxygens (including phenoxy) is 2. The molecule has 1 N–H and O–H groups in total. The van der Waals surface area contributed by atoms with Crippen molar-refractivity contribution in [3.63, 3.8) is 0 Å². The molecule has 1 aromatic rings. The molecule has 0 aromatic carbocycles. The van der Waals surface area contributed by atoms with Gasteiger partial charge in [-0.1, -0.05) is 6.07 Å². The average Bonchev–Trinajstić information content (AvgIpc) is 2.38. The van der Waals surface area contributed by atoms with E-state index >= 15 is 0 Å². The number of pyridine rings is 1. The maximum absolute atomic E-state index is 12.1. The van der Waals surface area contributed by atoms with Crippen molar-refractivity contribution in [2.24, 2.45) is 0 Å². The predicted octanol–water partition coefficient (Wildman–Crippen LogP) is 2.61. The van der Waals surface area contributed by atoms with Gasteiger partial charge in [0.25, 0.3) is 0 Å². The van der Waals surface area contributed by atoms with E-state index in [1.165, 1.54) is 0 Å². The summed E-state index contributed by atoms with van der Waals surface area (Å²) < 4.78 is 10.8. The summed E-state index contributed by atoms with van der Waals surface area (Å²) in [5, 5.41) is 3.00. The van der Waals surface area contributed by atoms with Crippen LogP contribution in [0.4, 0.5) is 4.79 Å². The maximum atomic E-state index is 12.1. The molecule has 1 fully saturated rings. The number of rotatable bonds is 2. The van der Waals surface area contributed by atoms with Crippen molar-refractivity contribution in [3.8, 4) is 0 Å². The summed E-state index contributed by atoms with van der Waals surface area (Å²) in [6, 6.07) is 5.73. The lowest BCUT2D eigenvalue weighted by molar-refractivity contribution is 0.0145. The Bertz CT molecular complexity index is 448. The summed E-state index contributed by atoms with van der Waals surface area (Å²) in [6.45, 7) is 6.76. The van der Waals surface area contributed by atoms with Gasteiger partial charge in [0.15, 0.2) is 0 Å². The summed E-state index contributed by atoms with van der Waals surface area (Å²) in [7, 11) is 0. The predicted molar refractivity (Wildman–Crippen MR) is 75.3 cm³/mol. The van der Waals surface area contributed by atoms with Crippen LogP contribution in [0.5, 0.6) is 0 Å². The lowest BCUT2D eigenvalue weighted by Crippen LogP contribution is -2.51. The highest BCUT2D eigenvalue weighted by atomic mass is 16.6. The molecule has 2 heterocycles. The second-order valence-corrected chi connectivity index (χ2v) is 6.04. The molecule has 0 bridgehead atoms. The number of nitrogens with one attached hydrogen (secondary N) is 1. The Hall–Kier alpha value is -1.62. The molecule has 20 heavy (non-hydrogen) atoms. The monoisotopic (exact) mass is 278 g/mol. The molecule has 1 amide bonds. The smallest absolute Gasteiger partial charge is 0.408 e. The molecule has 0 unspecified atom stereocenters. The van der Waals surface area contributed by atoms with Crippen LogP contribution in [0.25, 0.3) is 0 Å². The molecule has 0 saturated carbocycles. The van der Waals surface area contributed by atoms with Gasteiger partial charge in [-0.25, -0.2) is 4.79 Å². The number of alkyl carbamates (subject to hydrolysis) is 1. The molecule has 0 aliphatic carbocycles. The topological polar surface area (TPSA) is 60.5 Å². The van der Waals surface area contributed by atoms with Crippen molar-refractivity contribution in [2.45, 2.75) is 44.8 Å². The van der Waals surface area contributed by atoms with Crippen LogP contribution < -0.4 is 5.32 Å². The van der Waals surface area contributed by atoms with E-state index < -0.39 is 17.2 Å². The zero-order chi connectivity index (χ0) is 14.6. The highest BCUT2D eigenvalue weighted by molar-refractivity contribution is 5.69. The van der Waals surface area contributed by atoms with E-state index in [1.807, 2.05) is 39.0 Å². The van der Waals surface area contributed by atoms with Gasteiger partial charge in [-0.15, -0.1) is 0 Å². The van der Waals surface area contributed by atoms with Crippen LogP contribution in [-0.2, 0) is 15.0 Å². The Kier molecular flexibility index (Phi) is 4.28. The summed E-state index contributed by atoms with van der Waals surface area (Å²) in [6.07, 6.45) is 2.72. The first-order valence-corrected chi connectivity index (χ1v) is 6.92. The zero-order valence-electron chi connectivity index (χ0n) is 12.3. The Morgan fingerprint density at radius 2 is 2.05 bits per heavy atom. The SMILES string of the molecule is CC(C)(C)OC(=O)NC1(c2ccccn2)CCOCC1. The van der Waals surface area contributed by atoms with Gasteiger partial charge < -0.3 is 14.8 Å². The minimum atomic E-state index is -0.513. The normalized spacial score (nSPS) is 18.4. The number of hydrogen-bond donors (Lipinski definition) is 1. The largest absolute Gasteiger partial charge is 0.444 e. The Morgan fingerprint density at radius 3 is 2.60 bits per heavy atom. The molecular formula is C15H22N2O3. The van der Waals surface area contributed by atoms with Crippen LogP contribution in [-0.4, -0.2) is 29.9 Å². The summed E-state index contributed by atoms with van der Waals surface area (Å²) >= 11 is 0. The molecule has 5 heteroatoms. The highest BCUT2D eigenvalue weighted by Gasteiger charge is 2.38. The van der Waals surface area contributed by atoms with Crippen LogP contribution in [0.3, 0.4) is 0 Å². The number of carbonyl (C=O) groups excluding carboxylic acids is 1. The lowest BCUT2D eigenvalue weighted by Gasteiger charge is -2.37. The fourth-order valence-corrected chi connectivity index (χ4v) is 2.31. The highest BCUT2D eigenvalue weighted by Crippen LogP contribution is 2.31. The quantitative estimate of drug-likeness (QED) is 0.903. The lowest BCUT2D eigenvalue weighted by atomic mass is 9.86. The molecular weight excluding hydrogens is 256 g/mol. The first-order valence-electron chi connectivity index (χ1n) is 6.92. The molecule has 5 nitrogen and oxygen atoms in total. The fourth-order valence-electron chi connectivity index (χ4n) is 2.31. The molecule has 0 spiro atoms. The Balaban J connectivity index is 2.18. The van der Waals surface area contributed by atoms with E-state index in [0.29, 0.717) is 26.1 Å². The number of amides is 1. The van der Waals surface area contributed by atoms with Crippen LogP contribution in [0.1, 0.15) is 39.3 Å². The van der Waals surface area contributed by atoms with Crippen molar-refractivity contribution < 1.29 is 14.3 Å². The molecule has 110 valence electrons. The first kappa shape index (κ1) is 14.8. The molecule has 0 radical (unpaired) electrons. The van der Waals surface area contributed by atoms with Crippen molar-refractivity contribution >= 4 is 6.09 Å². The Morgan fingerprint density at radius 1 is 1.35 bits per heavy atom. The summed E-state index contributed by atoms with van der Waals surface area (Å²) in [5.41, 5.74) is -0.156. The first-order chi connectivity index (χ1) is 9.41. The van der Waals surface area contributed by atoms with Crippen LogP contribution in [0.15, 0.2) is 24.4 Å². The third kappa shape index (κ3) is 3.70. The van der Waals surface area contributed by atoms with Crippen LogP contribution in [0, 0.1) is 0 Å². The molecule has 1 aliphatic rings. The van der Waals surface area contributed by atoms with Crippen molar-refractivity contribution in [1.82, 2.24) is 10.3 Å². The van der Waals surface area contributed by atoms with E-state index in [0.717, 1.165) is 5.69 Å². The molecule has 1 saturated heterocycles. The van der Waals surface area contributed by atoms with Gasteiger partial charge in [0, 0.05) is 19.4 Å². The van der Waals surface area contributed by atoms with Gasteiger partial charge in [-0.2, -0.15) is 0 Å². The fraction of sp³-hybridized carbons (Fsp3) is 0.600.